The minimum atomic E-state index is 0.345. The van der Waals surface area contributed by atoms with Crippen LogP contribution in [-0.2, 0) is 4.79 Å². The quantitative estimate of drug-likeness (QED) is 0.784. The van der Waals surface area contributed by atoms with E-state index in [0.717, 1.165) is 30.4 Å². The van der Waals surface area contributed by atoms with E-state index in [1.54, 1.807) is 0 Å². The number of piperidine rings is 1. The lowest BCUT2D eigenvalue weighted by Crippen LogP contribution is -2.35. The lowest BCUT2D eigenvalue weighted by Gasteiger charge is -2.26. The largest absolute Gasteiger partial charge is 0.340 e. The molecule has 4 heteroatoms. The molecule has 2 heterocycles. The predicted molar refractivity (Wildman–Crippen MR) is 67.3 cm³/mol. The van der Waals surface area contributed by atoms with E-state index in [4.69, 9.17) is 0 Å². The number of nitrogens with zero attached hydrogens (tertiary/aromatic N) is 3. The Morgan fingerprint density at radius 1 is 1.24 bits per heavy atom. The van der Waals surface area contributed by atoms with Gasteiger partial charge in [-0.15, -0.1) is 0 Å². The van der Waals surface area contributed by atoms with Crippen LogP contribution < -0.4 is 4.90 Å². The predicted octanol–water partition coefficient (Wildman–Crippen LogP) is 2.08. The minimum absolute atomic E-state index is 0.345. The van der Waals surface area contributed by atoms with Gasteiger partial charge in [-0.3, -0.25) is 4.79 Å². The molecule has 1 aromatic heterocycles. The highest BCUT2D eigenvalue weighted by atomic mass is 16.1. The first-order valence-corrected chi connectivity index (χ1v) is 6.18. The van der Waals surface area contributed by atoms with Crippen molar-refractivity contribution in [1.29, 1.82) is 0 Å². The summed E-state index contributed by atoms with van der Waals surface area (Å²) in [6.45, 7) is 7.75. The van der Waals surface area contributed by atoms with Gasteiger partial charge in [0.1, 0.15) is 5.78 Å². The maximum absolute atomic E-state index is 11.2. The number of aromatic nitrogens is 2. The van der Waals surface area contributed by atoms with Gasteiger partial charge in [-0.25, -0.2) is 9.97 Å². The first-order chi connectivity index (χ1) is 8.06. The summed E-state index contributed by atoms with van der Waals surface area (Å²) < 4.78 is 0. The lowest BCUT2D eigenvalue weighted by molar-refractivity contribution is -0.119. The smallest absolute Gasteiger partial charge is 0.225 e. The van der Waals surface area contributed by atoms with Crippen LogP contribution in [0.15, 0.2) is 6.07 Å². The number of hydrogen-bond donors (Lipinski definition) is 0. The maximum Gasteiger partial charge on any atom is 0.225 e. The van der Waals surface area contributed by atoms with Crippen molar-refractivity contribution in [3.05, 3.63) is 17.5 Å². The van der Waals surface area contributed by atoms with Crippen LogP contribution in [0.2, 0.25) is 0 Å². The van der Waals surface area contributed by atoms with Crippen LogP contribution in [0.4, 0.5) is 5.95 Å². The van der Waals surface area contributed by atoms with Crippen molar-refractivity contribution in [2.45, 2.75) is 39.5 Å². The molecule has 4 nitrogen and oxygen atoms in total. The number of hydrogen-bond acceptors (Lipinski definition) is 4. The van der Waals surface area contributed by atoms with E-state index < -0.39 is 0 Å². The Morgan fingerprint density at radius 3 is 2.47 bits per heavy atom. The van der Waals surface area contributed by atoms with Crippen LogP contribution >= 0.6 is 0 Å². The van der Waals surface area contributed by atoms with E-state index >= 15 is 0 Å². The fourth-order valence-corrected chi connectivity index (χ4v) is 1.97. The highest BCUT2D eigenvalue weighted by molar-refractivity contribution is 5.80. The Balaban J connectivity index is 2.23. The molecular formula is C13H19N3O. The third-order valence-corrected chi connectivity index (χ3v) is 3.06. The number of ketones is 1. The Labute approximate surface area is 102 Å². The van der Waals surface area contributed by atoms with Gasteiger partial charge < -0.3 is 4.90 Å². The average Bonchev–Trinajstić information content (AvgIpc) is 2.29. The molecule has 2 rings (SSSR count). The van der Waals surface area contributed by atoms with Crippen LogP contribution in [0, 0.1) is 6.92 Å². The molecule has 1 aromatic rings. The zero-order valence-electron chi connectivity index (χ0n) is 10.7. The van der Waals surface area contributed by atoms with Crippen molar-refractivity contribution in [2.75, 3.05) is 18.0 Å². The molecule has 17 heavy (non-hydrogen) atoms. The van der Waals surface area contributed by atoms with Crippen LogP contribution in [0.25, 0.3) is 0 Å². The summed E-state index contributed by atoms with van der Waals surface area (Å²) in [5.41, 5.74) is 2.07. The zero-order valence-corrected chi connectivity index (χ0v) is 10.7. The normalized spacial score (nSPS) is 16.7. The first kappa shape index (κ1) is 12.0. The molecular weight excluding hydrogens is 214 g/mol. The van der Waals surface area contributed by atoms with Crippen molar-refractivity contribution in [3.8, 4) is 0 Å². The summed E-state index contributed by atoms with van der Waals surface area (Å²) in [6.07, 6.45) is 1.24. The number of Topliss-reactive ketones (excluding diaryl/α,β-unsaturated/α-hetero) is 1. The number of aryl methyl sites for hydroxylation is 1. The number of rotatable bonds is 2. The fraction of sp³-hybridized carbons (Fsp3) is 0.615. The van der Waals surface area contributed by atoms with E-state index in [-0.39, 0.29) is 0 Å². The molecule has 1 aliphatic heterocycles. The summed E-state index contributed by atoms with van der Waals surface area (Å²) in [5, 5.41) is 0. The fourth-order valence-electron chi connectivity index (χ4n) is 1.97. The molecule has 0 saturated carbocycles. The van der Waals surface area contributed by atoms with Crippen molar-refractivity contribution in [1.82, 2.24) is 9.97 Å². The zero-order chi connectivity index (χ0) is 12.4. The average molecular weight is 233 g/mol. The SMILES string of the molecule is Cc1cc(C(C)C)nc(N2CCC(=O)CC2)n1. The first-order valence-electron chi connectivity index (χ1n) is 6.18. The maximum atomic E-state index is 11.2. The number of carbonyl (C=O) groups excluding carboxylic acids is 1. The van der Waals surface area contributed by atoms with Crippen LogP contribution in [0.5, 0.6) is 0 Å². The Kier molecular flexibility index (Phi) is 3.41. The molecule has 0 N–H and O–H groups in total. The molecule has 1 aliphatic rings. The van der Waals surface area contributed by atoms with Crippen LogP contribution in [0.3, 0.4) is 0 Å². The van der Waals surface area contributed by atoms with Crippen LogP contribution in [-0.4, -0.2) is 28.8 Å². The Hall–Kier alpha value is -1.45. The van der Waals surface area contributed by atoms with Gasteiger partial charge in [-0.05, 0) is 18.9 Å². The number of anilines is 1. The summed E-state index contributed by atoms with van der Waals surface area (Å²) in [4.78, 5) is 22.4. The molecule has 92 valence electrons. The molecule has 1 saturated heterocycles. The van der Waals surface area contributed by atoms with Crippen molar-refractivity contribution in [2.24, 2.45) is 0 Å². The molecule has 1 fully saturated rings. The minimum Gasteiger partial charge on any atom is -0.340 e. The van der Waals surface area contributed by atoms with Gasteiger partial charge in [-0.1, -0.05) is 13.8 Å². The molecule has 0 spiro atoms. The summed E-state index contributed by atoms with van der Waals surface area (Å²) >= 11 is 0. The van der Waals surface area contributed by atoms with Crippen molar-refractivity contribution >= 4 is 11.7 Å². The van der Waals surface area contributed by atoms with Gasteiger partial charge in [0, 0.05) is 37.3 Å². The third kappa shape index (κ3) is 2.81. The topological polar surface area (TPSA) is 46.1 Å². The van der Waals surface area contributed by atoms with E-state index in [9.17, 15) is 4.79 Å². The van der Waals surface area contributed by atoms with Gasteiger partial charge in [0.25, 0.3) is 0 Å². The molecule has 0 unspecified atom stereocenters. The van der Waals surface area contributed by atoms with Gasteiger partial charge >= 0.3 is 0 Å². The molecule has 0 atom stereocenters. The van der Waals surface area contributed by atoms with E-state index in [0.29, 0.717) is 24.5 Å². The molecule has 0 radical (unpaired) electrons. The second-order valence-corrected chi connectivity index (χ2v) is 4.91. The van der Waals surface area contributed by atoms with Crippen LogP contribution in [0.1, 0.15) is 44.0 Å². The van der Waals surface area contributed by atoms with Gasteiger partial charge in [0.15, 0.2) is 0 Å². The summed E-state index contributed by atoms with van der Waals surface area (Å²) in [5.74, 6) is 1.53. The molecule has 0 aromatic carbocycles. The lowest BCUT2D eigenvalue weighted by atomic mass is 10.1. The van der Waals surface area contributed by atoms with Gasteiger partial charge in [-0.2, -0.15) is 0 Å². The second kappa shape index (κ2) is 4.82. The monoisotopic (exact) mass is 233 g/mol. The molecule has 0 aliphatic carbocycles. The van der Waals surface area contributed by atoms with Gasteiger partial charge in [0.05, 0.1) is 0 Å². The Morgan fingerprint density at radius 2 is 1.88 bits per heavy atom. The highest BCUT2D eigenvalue weighted by Crippen LogP contribution is 2.19. The van der Waals surface area contributed by atoms with E-state index in [1.165, 1.54) is 0 Å². The summed E-state index contributed by atoms with van der Waals surface area (Å²) in [7, 11) is 0. The van der Waals surface area contributed by atoms with Crippen molar-refractivity contribution < 1.29 is 4.79 Å². The standard InChI is InChI=1S/C13H19N3O/c1-9(2)12-8-10(3)14-13(15-12)16-6-4-11(17)5-7-16/h8-9H,4-7H2,1-3H3. The number of carbonyl (C=O) groups is 1. The molecule has 0 bridgehead atoms. The third-order valence-electron chi connectivity index (χ3n) is 3.06. The summed E-state index contributed by atoms with van der Waals surface area (Å²) in [6, 6.07) is 2.03. The molecule has 0 amide bonds. The highest BCUT2D eigenvalue weighted by Gasteiger charge is 2.19. The van der Waals surface area contributed by atoms with Gasteiger partial charge in [0.2, 0.25) is 5.95 Å². The van der Waals surface area contributed by atoms with Crippen molar-refractivity contribution in [3.63, 3.8) is 0 Å². The Bertz CT molecular complexity index is 419. The second-order valence-electron chi connectivity index (χ2n) is 4.91. The van der Waals surface area contributed by atoms with E-state index in [1.807, 2.05) is 13.0 Å². The van der Waals surface area contributed by atoms with E-state index in [2.05, 4.69) is 28.7 Å².